The number of amides is 1. The van der Waals surface area contributed by atoms with Crippen molar-refractivity contribution in [3.8, 4) is 5.75 Å². The number of anilines is 2. The van der Waals surface area contributed by atoms with Gasteiger partial charge in [0.15, 0.2) is 6.61 Å². The number of hydrogen-bond donors (Lipinski definition) is 2. The fourth-order valence-electron chi connectivity index (χ4n) is 2.06. The Bertz CT molecular complexity index is 691. The van der Waals surface area contributed by atoms with Crippen LogP contribution in [-0.4, -0.2) is 12.5 Å². The highest BCUT2D eigenvalue weighted by atomic mass is 35.5. The van der Waals surface area contributed by atoms with E-state index < -0.39 is 0 Å². The Kier molecular flexibility index (Phi) is 4.93. The molecule has 2 aromatic carbocycles. The van der Waals surface area contributed by atoms with Crippen molar-refractivity contribution in [2.24, 2.45) is 0 Å². The third-order valence-corrected chi connectivity index (χ3v) is 3.72. The van der Waals surface area contributed by atoms with Gasteiger partial charge in [-0.3, -0.25) is 4.79 Å². The van der Waals surface area contributed by atoms with Crippen molar-refractivity contribution in [1.82, 2.24) is 0 Å². The monoisotopic (exact) mass is 318 g/mol. The van der Waals surface area contributed by atoms with Crippen molar-refractivity contribution in [3.05, 3.63) is 52.0 Å². The van der Waals surface area contributed by atoms with Gasteiger partial charge in [0.25, 0.3) is 5.91 Å². The second-order valence-electron chi connectivity index (χ2n) is 5.28. The predicted octanol–water partition coefficient (Wildman–Crippen LogP) is 3.86. The summed E-state index contributed by atoms with van der Waals surface area (Å²) in [5.41, 5.74) is 9.93. The summed E-state index contributed by atoms with van der Waals surface area (Å²) in [5.74, 6) is 0.395. The highest BCUT2D eigenvalue weighted by Gasteiger charge is 2.10. The van der Waals surface area contributed by atoms with Crippen molar-refractivity contribution >= 4 is 28.9 Å². The molecule has 0 radical (unpaired) electrons. The highest BCUT2D eigenvalue weighted by Crippen LogP contribution is 2.28. The van der Waals surface area contributed by atoms with Gasteiger partial charge in [0.1, 0.15) is 5.75 Å². The predicted molar refractivity (Wildman–Crippen MR) is 90.6 cm³/mol. The molecule has 0 aliphatic heterocycles. The second-order valence-corrected chi connectivity index (χ2v) is 5.68. The summed E-state index contributed by atoms with van der Waals surface area (Å²) < 4.78 is 5.50. The van der Waals surface area contributed by atoms with Crippen LogP contribution in [0.4, 0.5) is 11.4 Å². The van der Waals surface area contributed by atoms with Gasteiger partial charge in [0.2, 0.25) is 0 Å². The van der Waals surface area contributed by atoms with E-state index in [1.807, 2.05) is 39.0 Å². The van der Waals surface area contributed by atoms with Gasteiger partial charge >= 0.3 is 0 Å². The van der Waals surface area contributed by atoms with Crippen LogP contribution >= 0.6 is 11.6 Å². The van der Waals surface area contributed by atoms with Crippen LogP contribution < -0.4 is 15.8 Å². The third-order valence-electron chi connectivity index (χ3n) is 3.42. The van der Waals surface area contributed by atoms with Crippen LogP contribution in [0.1, 0.15) is 16.7 Å². The van der Waals surface area contributed by atoms with E-state index in [9.17, 15) is 4.79 Å². The van der Waals surface area contributed by atoms with E-state index in [2.05, 4.69) is 5.32 Å². The topological polar surface area (TPSA) is 64.3 Å². The molecule has 0 aliphatic rings. The Balaban J connectivity index is 2.00. The Hall–Kier alpha value is -2.20. The fraction of sp³-hybridized carbons (Fsp3) is 0.235. The first kappa shape index (κ1) is 16.2. The number of rotatable bonds is 4. The van der Waals surface area contributed by atoms with Gasteiger partial charge in [-0.05, 0) is 61.7 Å². The Morgan fingerprint density at radius 2 is 1.86 bits per heavy atom. The van der Waals surface area contributed by atoms with Crippen molar-refractivity contribution in [2.45, 2.75) is 20.8 Å². The first-order valence-corrected chi connectivity index (χ1v) is 7.30. The minimum absolute atomic E-state index is 0.0807. The lowest BCUT2D eigenvalue weighted by atomic mass is 10.1. The van der Waals surface area contributed by atoms with E-state index in [4.69, 9.17) is 22.1 Å². The maximum atomic E-state index is 12.0. The highest BCUT2D eigenvalue weighted by molar-refractivity contribution is 6.34. The van der Waals surface area contributed by atoms with Crippen LogP contribution in [0.15, 0.2) is 30.3 Å². The number of carbonyl (C=O) groups excluding carboxylic acids is 1. The zero-order valence-electron chi connectivity index (χ0n) is 12.9. The largest absolute Gasteiger partial charge is 0.484 e. The lowest BCUT2D eigenvalue weighted by Crippen LogP contribution is -2.21. The molecule has 4 nitrogen and oxygen atoms in total. The SMILES string of the molecule is Cc1ccc(OCC(=O)Nc2c(C)cc(N)cc2Cl)cc1C. The first-order chi connectivity index (χ1) is 10.4. The number of benzene rings is 2. The quantitative estimate of drug-likeness (QED) is 0.841. The molecule has 5 heteroatoms. The van der Waals surface area contributed by atoms with E-state index in [0.717, 1.165) is 11.1 Å². The summed E-state index contributed by atoms with van der Waals surface area (Å²) in [6.45, 7) is 5.78. The zero-order chi connectivity index (χ0) is 16.3. The first-order valence-electron chi connectivity index (χ1n) is 6.92. The smallest absolute Gasteiger partial charge is 0.262 e. The number of aryl methyl sites for hydroxylation is 3. The summed E-state index contributed by atoms with van der Waals surface area (Å²) >= 11 is 6.10. The second kappa shape index (κ2) is 6.71. The Labute approximate surface area is 135 Å². The van der Waals surface area contributed by atoms with Crippen LogP contribution in [0.2, 0.25) is 5.02 Å². The summed E-state index contributed by atoms with van der Waals surface area (Å²) in [6.07, 6.45) is 0. The van der Waals surface area contributed by atoms with Gasteiger partial charge in [-0.25, -0.2) is 0 Å². The molecular weight excluding hydrogens is 300 g/mol. The van der Waals surface area contributed by atoms with Crippen LogP contribution in [-0.2, 0) is 4.79 Å². The lowest BCUT2D eigenvalue weighted by molar-refractivity contribution is -0.118. The van der Waals surface area contributed by atoms with Crippen LogP contribution in [0.5, 0.6) is 5.75 Å². The summed E-state index contributed by atoms with van der Waals surface area (Å²) in [6, 6.07) is 9.07. The van der Waals surface area contributed by atoms with E-state index in [1.165, 1.54) is 5.56 Å². The molecule has 2 aromatic rings. The molecule has 0 fully saturated rings. The maximum Gasteiger partial charge on any atom is 0.262 e. The average Bonchev–Trinajstić information content (AvgIpc) is 2.44. The molecule has 0 saturated heterocycles. The van der Waals surface area contributed by atoms with E-state index in [1.54, 1.807) is 12.1 Å². The molecule has 0 heterocycles. The number of nitrogen functional groups attached to an aromatic ring is 1. The normalized spacial score (nSPS) is 10.4. The standard InChI is InChI=1S/C17H19ClN2O2/c1-10-4-5-14(7-11(10)2)22-9-16(21)20-17-12(3)6-13(19)8-15(17)18/h4-8H,9,19H2,1-3H3,(H,20,21). The van der Waals surface area contributed by atoms with Crippen molar-refractivity contribution < 1.29 is 9.53 Å². The van der Waals surface area contributed by atoms with Crippen molar-refractivity contribution in [1.29, 1.82) is 0 Å². The number of nitrogens with two attached hydrogens (primary N) is 1. The fourth-order valence-corrected chi connectivity index (χ4v) is 2.38. The molecule has 3 N–H and O–H groups in total. The molecule has 0 bridgehead atoms. The van der Waals surface area contributed by atoms with Gasteiger partial charge in [0, 0.05) is 5.69 Å². The minimum Gasteiger partial charge on any atom is -0.484 e. The summed E-state index contributed by atoms with van der Waals surface area (Å²) in [7, 11) is 0. The molecule has 0 aliphatic carbocycles. The molecule has 0 atom stereocenters. The molecule has 0 aromatic heterocycles. The number of halogens is 1. The molecule has 0 unspecified atom stereocenters. The molecule has 22 heavy (non-hydrogen) atoms. The van der Waals surface area contributed by atoms with Crippen molar-refractivity contribution in [2.75, 3.05) is 17.7 Å². The molecule has 0 saturated carbocycles. The van der Waals surface area contributed by atoms with Crippen molar-refractivity contribution in [3.63, 3.8) is 0 Å². The van der Waals surface area contributed by atoms with E-state index >= 15 is 0 Å². The van der Waals surface area contributed by atoms with E-state index in [0.29, 0.717) is 22.1 Å². The molecule has 2 rings (SSSR count). The van der Waals surface area contributed by atoms with Crippen LogP contribution in [0.3, 0.4) is 0 Å². The zero-order valence-corrected chi connectivity index (χ0v) is 13.6. The maximum absolute atomic E-state index is 12.0. The minimum atomic E-state index is -0.270. The number of carbonyl (C=O) groups is 1. The van der Waals surface area contributed by atoms with Crippen LogP contribution in [0.25, 0.3) is 0 Å². The van der Waals surface area contributed by atoms with Crippen LogP contribution in [0, 0.1) is 20.8 Å². The number of ether oxygens (including phenoxy) is 1. The Morgan fingerprint density at radius 1 is 1.14 bits per heavy atom. The van der Waals surface area contributed by atoms with E-state index in [-0.39, 0.29) is 12.5 Å². The summed E-state index contributed by atoms with van der Waals surface area (Å²) in [5, 5.41) is 3.16. The molecular formula is C17H19ClN2O2. The lowest BCUT2D eigenvalue weighted by Gasteiger charge is -2.12. The number of nitrogens with one attached hydrogen (secondary N) is 1. The Morgan fingerprint density at radius 3 is 2.50 bits per heavy atom. The van der Waals surface area contributed by atoms with Gasteiger partial charge in [-0.15, -0.1) is 0 Å². The van der Waals surface area contributed by atoms with Gasteiger partial charge in [-0.1, -0.05) is 17.7 Å². The van der Waals surface area contributed by atoms with Gasteiger partial charge in [-0.2, -0.15) is 0 Å². The average molecular weight is 319 g/mol. The van der Waals surface area contributed by atoms with Gasteiger partial charge in [0.05, 0.1) is 10.7 Å². The molecule has 0 spiro atoms. The molecule has 1 amide bonds. The summed E-state index contributed by atoms with van der Waals surface area (Å²) in [4.78, 5) is 12.0. The molecule has 116 valence electrons. The third kappa shape index (κ3) is 3.92. The van der Waals surface area contributed by atoms with Gasteiger partial charge < -0.3 is 15.8 Å². The number of hydrogen-bond acceptors (Lipinski definition) is 3.